The maximum atomic E-state index is 14.5. The zero-order valence-corrected chi connectivity index (χ0v) is 41.4. The Morgan fingerprint density at radius 2 is 1.42 bits per heavy atom. The summed E-state index contributed by atoms with van der Waals surface area (Å²) >= 11 is 1.04. The van der Waals surface area contributed by atoms with Gasteiger partial charge in [0.25, 0.3) is 0 Å². The lowest BCUT2D eigenvalue weighted by molar-refractivity contribution is -0.217. The first-order valence-corrected chi connectivity index (χ1v) is 24.9. The van der Waals surface area contributed by atoms with Crippen LogP contribution in [-0.2, 0) is 50.9 Å². The van der Waals surface area contributed by atoms with E-state index in [1.54, 1.807) is 47.3 Å². The number of ether oxygens (including phenoxy) is 5. The Kier molecular flexibility index (Phi) is 15.6. The summed E-state index contributed by atoms with van der Waals surface area (Å²) in [6.45, 7) is 10.0. The minimum atomic E-state index is -4.53. The minimum Gasteiger partial charge on any atom is -0.497 e. The van der Waals surface area contributed by atoms with Crippen molar-refractivity contribution >= 4 is 30.4 Å². The van der Waals surface area contributed by atoms with Gasteiger partial charge >= 0.3 is 19.6 Å². The molecule has 19 heteroatoms. The molecule has 370 valence electrons. The summed E-state index contributed by atoms with van der Waals surface area (Å²) < 4.78 is 97.9. The second-order valence-electron chi connectivity index (χ2n) is 18.0. The number of rotatable bonds is 20. The van der Waals surface area contributed by atoms with Gasteiger partial charge < -0.3 is 29.0 Å². The molecule has 2 aliphatic rings. The van der Waals surface area contributed by atoms with Gasteiger partial charge in [-0.3, -0.25) is 18.4 Å². The maximum Gasteiger partial charge on any atom is 0.416 e. The van der Waals surface area contributed by atoms with Gasteiger partial charge in [0.2, 0.25) is 0 Å². The van der Waals surface area contributed by atoms with E-state index in [1.165, 1.54) is 16.7 Å². The van der Waals surface area contributed by atoms with Gasteiger partial charge in [0.15, 0.2) is 17.1 Å². The van der Waals surface area contributed by atoms with Crippen LogP contribution >= 0.6 is 19.5 Å². The highest BCUT2D eigenvalue weighted by atomic mass is 32.2. The molecule has 0 radical (unpaired) electrons. The fraction of sp³-hybridized carbons (Fsp3) is 0.420. The quantitative estimate of drug-likeness (QED) is 0.0431. The Hall–Kier alpha value is -5.04. The Bertz CT molecular complexity index is 2610. The van der Waals surface area contributed by atoms with Crippen LogP contribution in [0.3, 0.4) is 0 Å². The third-order valence-electron chi connectivity index (χ3n) is 12.4. The number of hydrogen-bond acceptors (Lipinski definition) is 13. The molecule has 0 spiro atoms. The van der Waals surface area contributed by atoms with Crippen molar-refractivity contribution in [2.24, 2.45) is 5.41 Å². The molecule has 4 aromatic carbocycles. The number of carbonyl (C=O) groups excluding carboxylic acids is 1. The summed E-state index contributed by atoms with van der Waals surface area (Å²) in [4.78, 5) is 31.8. The first kappa shape index (κ1) is 51.8. The number of hydrogen-bond donors (Lipinski definition) is 2. The van der Waals surface area contributed by atoms with Crippen LogP contribution < -0.4 is 25.6 Å². The number of nitrogens with one attached hydrogen (secondary N) is 2. The molecule has 14 nitrogen and oxygen atoms in total. The number of methoxy groups -OCH3 is 2. The van der Waals surface area contributed by atoms with Gasteiger partial charge in [-0.1, -0.05) is 99.3 Å². The van der Waals surface area contributed by atoms with Crippen molar-refractivity contribution in [1.29, 1.82) is 0 Å². The van der Waals surface area contributed by atoms with E-state index >= 15 is 0 Å². The highest BCUT2D eigenvalue weighted by Crippen LogP contribution is 2.53. The molecule has 0 amide bonds. The molecule has 1 aromatic heterocycles. The van der Waals surface area contributed by atoms with Gasteiger partial charge in [0, 0.05) is 23.9 Å². The Labute approximate surface area is 404 Å². The molecule has 0 bridgehead atoms. The van der Waals surface area contributed by atoms with Crippen molar-refractivity contribution in [2.45, 2.75) is 96.0 Å². The summed E-state index contributed by atoms with van der Waals surface area (Å²) in [5.74, 6) is 0.562. The van der Waals surface area contributed by atoms with Crippen molar-refractivity contribution in [3.63, 3.8) is 0 Å². The summed E-state index contributed by atoms with van der Waals surface area (Å²) in [6.07, 6.45) is -5.35. The molecule has 5 atom stereocenters. The van der Waals surface area contributed by atoms with Crippen molar-refractivity contribution in [2.75, 3.05) is 38.5 Å². The van der Waals surface area contributed by atoms with Crippen LogP contribution in [0.5, 0.6) is 11.5 Å². The molecule has 2 fully saturated rings. The van der Waals surface area contributed by atoms with Gasteiger partial charge in [-0.05, 0) is 91.9 Å². The lowest BCUT2D eigenvalue weighted by atomic mass is 9.77. The number of halogens is 3. The normalized spacial score (nSPS) is 21.1. The second kappa shape index (κ2) is 20.7. The topological polar surface area (TPSA) is 158 Å². The van der Waals surface area contributed by atoms with E-state index in [2.05, 4.69) is 15.4 Å². The molecule has 3 heterocycles. The second-order valence-corrected chi connectivity index (χ2v) is 20.9. The summed E-state index contributed by atoms with van der Waals surface area (Å²) in [5, 5.41) is 6.31. The summed E-state index contributed by atoms with van der Waals surface area (Å²) in [6, 6.07) is 31.0. The number of thioether (sulfide) groups is 1. The lowest BCUT2D eigenvalue weighted by Gasteiger charge is -2.37. The van der Waals surface area contributed by atoms with Gasteiger partial charge in [0.1, 0.15) is 40.7 Å². The number of alkyl halides is 3. The number of aromatic nitrogens is 2. The standard InChI is InChI=1S/C50H58F3N4O10PS/c1-9-46(2,3)44(58)69-30-29-63-68(60,54-31-33-15-17-37(18-16-33)50(51,52)53)64-32-40-42-48(6,67-47(4,5)66-42)43(65-40)57-28-27-41(55-45(57)59)56-49(34-13-11-10-12-14-34,35-19-23-38(61-7)24-20-35)36-21-25-39(62-8)26-22-36/h10-28,40,42-43H,9,29-32H2,1-8H3,(H,54,60)(H,55,56,59)/t40-,42?,43-,48+,68?/m1/s1. The van der Waals surface area contributed by atoms with Crippen molar-refractivity contribution < 1.29 is 55.3 Å². The fourth-order valence-electron chi connectivity index (χ4n) is 8.38. The molecule has 7 rings (SSSR count). The Balaban J connectivity index is 1.17. The number of anilines is 1. The van der Waals surface area contributed by atoms with E-state index in [9.17, 15) is 27.3 Å². The van der Waals surface area contributed by atoms with Gasteiger partial charge in [-0.25, -0.2) is 14.4 Å². The van der Waals surface area contributed by atoms with E-state index in [0.717, 1.165) is 40.6 Å². The first-order valence-electron chi connectivity index (χ1n) is 22.4. The van der Waals surface area contributed by atoms with Crippen LogP contribution in [-0.4, -0.2) is 71.4 Å². The molecular formula is C50H58F3N4O10PS. The van der Waals surface area contributed by atoms with Crippen LogP contribution in [0.15, 0.2) is 120 Å². The zero-order valence-electron chi connectivity index (χ0n) is 39.7. The molecule has 0 saturated carbocycles. The molecule has 5 aromatic rings. The zero-order chi connectivity index (χ0) is 49.8. The van der Waals surface area contributed by atoms with Crippen molar-refractivity contribution in [1.82, 2.24) is 14.6 Å². The monoisotopic (exact) mass is 994 g/mol. The minimum absolute atomic E-state index is 0.0636. The average molecular weight is 995 g/mol. The third kappa shape index (κ3) is 11.4. The van der Waals surface area contributed by atoms with Crippen LogP contribution in [0.4, 0.5) is 19.0 Å². The van der Waals surface area contributed by atoms with Crippen molar-refractivity contribution in [3.8, 4) is 11.5 Å². The molecule has 2 unspecified atom stereocenters. The maximum absolute atomic E-state index is 14.5. The van der Waals surface area contributed by atoms with E-state index in [0.29, 0.717) is 23.5 Å². The summed E-state index contributed by atoms with van der Waals surface area (Å²) in [5.41, 5.74) is -1.61. The van der Waals surface area contributed by atoms with Gasteiger partial charge in [-0.15, -0.1) is 0 Å². The van der Waals surface area contributed by atoms with Crippen LogP contribution in [0.1, 0.15) is 82.0 Å². The van der Waals surface area contributed by atoms with Gasteiger partial charge in [-0.2, -0.15) is 18.2 Å². The fourth-order valence-corrected chi connectivity index (χ4v) is 10.7. The Morgan fingerprint density at radius 1 is 0.841 bits per heavy atom. The number of nitrogens with zero attached hydrogens (tertiary/aromatic N) is 2. The number of benzene rings is 4. The average Bonchev–Trinajstić information content (AvgIpc) is 3.74. The van der Waals surface area contributed by atoms with Crippen LogP contribution in [0.25, 0.3) is 0 Å². The predicted molar refractivity (Wildman–Crippen MR) is 256 cm³/mol. The molecule has 69 heavy (non-hydrogen) atoms. The molecular weight excluding hydrogens is 937 g/mol. The first-order chi connectivity index (χ1) is 32.6. The van der Waals surface area contributed by atoms with E-state index < -0.39 is 72.6 Å². The van der Waals surface area contributed by atoms with Crippen LogP contribution in [0, 0.1) is 5.41 Å². The van der Waals surface area contributed by atoms with E-state index in [1.807, 2.05) is 99.6 Å². The SMILES string of the molecule is CCC(C)(C)C(=O)SCCOP(=O)(NCc1ccc(C(F)(F)F)cc1)OC[C@H]1O[C@@H](n2ccc(NC(c3ccccc3)(c3ccc(OC)cc3)c3ccc(OC)cc3)nc2=O)[C@@]2(C)OC(C)(C)OC12. The molecule has 2 aliphatic heterocycles. The van der Waals surface area contributed by atoms with Gasteiger partial charge in [0.05, 0.1) is 33.0 Å². The molecule has 0 aliphatic carbocycles. The summed E-state index contributed by atoms with van der Waals surface area (Å²) in [7, 11) is -1.08. The Morgan fingerprint density at radius 3 is 1.97 bits per heavy atom. The highest BCUT2D eigenvalue weighted by Gasteiger charge is 2.64. The molecule has 2 N–H and O–H groups in total. The smallest absolute Gasteiger partial charge is 0.416 e. The van der Waals surface area contributed by atoms with E-state index in [-0.39, 0.29) is 29.8 Å². The lowest BCUT2D eigenvalue weighted by Crippen LogP contribution is -2.45. The largest absolute Gasteiger partial charge is 0.497 e. The van der Waals surface area contributed by atoms with E-state index in [4.69, 9.17) is 32.7 Å². The van der Waals surface area contributed by atoms with Crippen LogP contribution in [0.2, 0.25) is 0 Å². The van der Waals surface area contributed by atoms with Crippen molar-refractivity contribution in [3.05, 3.63) is 154 Å². The number of fused-ring (bicyclic) bond motifs is 1. The number of carbonyl (C=O) groups is 1. The molecule has 2 saturated heterocycles. The predicted octanol–water partition coefficient (Wildman–Crippen LogP) is 10.1. The third-order valence-corrected chi connectivity index (χ3v) is 15.1. The highest BCUT2D eigenvalue weighted by molar-refractivity contribution is 8.13.